The second-order valence-electron chi connectivity index (χ2n) is 3.63. The fraction of sp³-hybridized carbons (Fsp3) is 0.600. The van der Waals surface area contributed by atoms with Gasteiger partial charge >= 0.3 is 0 Å². The molecule has 2 heterocycles. The van der Waals surface area contributed by atoms with E-state index < -0.39 is 0 Å². The Morgan fingerprint density at radius 1 is 1.73 bits per heavy atom. The number of likely N-dealkylation sites (N-methyl/N-ethyl adjacent to an activating group) is 1. The van der Waals surface area contributed by atoms with E-state index >= 15 is 0 Å². The maximum Gasteiger partial charge on any atom is 0.240 e. The number of rotatable bonds is 4. The van der Waals surface area contributed by atoms with Crippen LogP contribution in [0, 0.1) is 0 Å². The maximum absolute atomic E-state index is 11.9. The molecular weight excluding hydrogens is 210 g/mol. The minimum absolute atomic E-state index is 0.0305. The number of carbonyl (C=O) groups is 1. The molecule has 1 unspecified atom stereocenters. The summed E-state index contributed by atoms with van der Waals surface area (Å²) in [5.74, 6) is 0.227. The average Bonchev–Trinajstić information content (AvgIpc) is 2.83. The molecule has 1 fully saturated rings. The number of nitrogens with one attached hydrogen (secondary N) is 1. The van der Waals surface area contributed by atoms with Crippen molar-refractivity contribution in [3.63, 3.8) is 0 Å². The van der Waals surface area contributed by atoms with E-state index in [9.17, 15) is 4.79 Å². The molecule has 0 aromatic carbocycles. The Bertz CT molecular complexity index is 325. The predicted molar refractivity (Wildman–Crippen MR) is 59.6 cm³/mol. The van der Waals surface area contributed by atoms with Gasteiger partial charge in [0, 0.05) is 17.6 Å². The molecule has 5 heteroatoms. The van der Waals surface area contributed by atoms with E-state index in [1.54, 1.807) is 16.8 Å². The third kappa shape index (κ3) is 2.35. The summed E-state index contributed by atoms with van der Waals surface area (Å²) in [6, 6.07) is 0.0305. The van der Waals surface area contributed by atoms with Crippen molar-refractivity contribution in [3.05, 3.63) is 16.6 Å². The molecule has 1 aromatic rings. The summed E-state index contributed by atoms with van der Waals surface area (Å²) >= 11 is 1.60. The molecular formula is C10H15N3OS. The zero-order valence-corrected chi connectivity index (χ0v) is 9.59. The molecule has 1 saturated heterocycles. The smallest absolute Gasteiger partial charge is 0.240 e. The molecule has 0 spiro atoms. The molecule has 15 heavy (non-hydrogen) atoms. The highest BCUT2D eigenvalue weighted by Gasteiger charge is 2.30. The van der Waals surface area contributed by atoms with E-state index in [2.05, 4.69) is 10.3 Å². The standard InChI is InChI=1S/C10H15N3OS/c1-2-12-9-3-4-13(10(9)14)6-8-5-11-7-15-8/h5,7,9,12H,2-4,6H2,1H3. The van der Waals surface area contributed by atoms with Gasteiger partial charge in [0.2, 0.25) is 5.91 Å². The van der Waals surface area contributed by atoms with E-state index in [0.717, 1.165) is 24.4 Å². The van der Waals surface area contributed by atoms with Gasteiger partial charge in [-0.15, -0.1) is 11.3 Å². The molecule has 2 rings (SSSR count). The van der Waals surface area contributed by atoms with Gasteiger partial charge in [0.05, 0.1) is 18.1 Å². The molecule has 1 amide bonds. The van der Waals surface area contributed by atoms with Crippen molar-refractivity contribution >= 4 is 17.2 Å². The summed E-state index contributed by atoms with van der Waals surface area (Å²) in [6.45, 7) is 4.45. The van der Waals surface area contributed by atoms with Gasteiger partial charge < -0.3 is 10.2 Å². The van der Waals surface area contributed by atoms with Gasteiger partial charge in [0.1, 0.15) is 0 Å². The Labute approximate surface area is 93.3 Å². The molecule has 1 atom stereocenters. The number of thiazole rings is 1. The molecule has 0 radical (unpaired) electrons. The molecule has 0 aliphatic carbocycles. The highest BCUT2D eigenvalue weighted by atomic mass is 32.1. The van der Waals surface area contributed by atoms with Crippen LogP contribution in [0.1, 0.15) is 18.2 Å². The monoisotopic (exact) mass is 225 g/mol. The van der Waals surface area contributed by atoms with E-state index in [1.807, 2.05) is 18.0 Å². The lowest BCUT2D eigenvalue weighted by Crippen LogP contribution is -2.37. The zero-order valence-electron chi connectivity index (χ0n) is 8.77. The quantitative estimate of drug-likeness (QED) is 0.826. The van der Waals surface area contributed by atoms with Crippen molar-refractivity contribution < 1.29 is 4.79 Å². The Morgan fingerprint density at radius 3 is 3.27 bits per heavy atom. The molecule has 1 N–H and O–H groups in total. The fourth-order valence-corrected chi connectivity index (χ4v) is 2.45. The minimum Gasteiger partial charge on any atom is -0.336 e. The Morgan fingerprint density at radius 2 is 2.60 bits per heavy atom. The molecule has 1 aliphatic rings. The van der Waals surface area contributed by atoms with E-state index in [0.29, 0.717) is 6.54 Å². The van der Waals surface area contributed by atoms with Gasteiger partial charge in [-0.3, -0.25) is 9.78 Å². The third-order valence-corrected chi connectivity index (χ3v) is 3.34. The van der Waals surface area contributed by atoms with Gasteiger partial charge in [0.25, 0.3) is 0 Å². The van der Waals surface area contributed by atoms with Gasteiger partial charge in [-0.25, -0.2) is 0 Å². The first-order valence-corrected chi connectivity index (χ1v) is 6.08. The van der Waals surface area contributed by atoms with Crippen molar-refractivity contribution in [2.45, 2.75) is 25.9 Å². The van der Waals surface area contributed by atoms with E-state index in [-0.39, 0.29) is 11.9 Å². The van der Waals surface area contributed by atoms with Gasteiger partial charge in [-0.2, -0.15) is 0 Å². The molecule has 1 aromatic heterocycles. The summed E-state index contributed by atoms with van der Waals surface area (Å²) in [7, 11) is 0. The summed E-state index contributed by atoms with van der Waals surface area (Å²) < 4.78 is 0. The topological polar surface area (TPSA) is 45.2 Å². The Hall–Kier alpha value is -0.940. The first-order chi connectivity index (χ1) is 7.31. The Kier molecular flexibility index (Phi) is 3.33. The van der Waals surface area contributed by atoms with Crippen LogP contribution in [0.5, 0.6) is 0 Å². The van der Waals surface area contributed by atoms with Crippen LogP contribution >= 0.6 is 11.3 Å². The first kappa shape index (κ1) is 10.6. The largest absolute Gasteiger partial charge is 0.336 e. The lowest BCUT2D eigenvalue weighted by molar-refractivity contribution is -0.129. The third-order valence-electron chi connectivity index (χ3n) is 2.58. The number of amides is 1. The SMILES string of the molecule is CCNC1CCN(Cc2cncs2)C1=O. The van der Waals surface area contributed by atoms with Gasteiger partial charge in [0.15, 0.2) is 0 Å². The average molecular weight is 225 g/mol. The van der Waals surface area contributed by atoms with Crippen LogP contribution in [-0.2, 0) is 11.3 Å². The second kappa shape index (κ2) is 4.72. The van der Waals surface area contributed by atoms with Crippen LogP contribution in [-0.4, -0.2) is 34.9 Å². The summed E-state index contributed by atoms with van der Waals surface area (Å²) in [5.41, 5.74) is 1.80. The number of nitrogens with zero attached hydrogens (tertiary/aromatic N) is 2. The maximum atomic E-state index is 11.9. The molecule has 0 saturated carbocycles. The lowest BCUT2D eigenvalue weighted by Gasteiger charge is -2.15. The number of likely N-dealkylation sites (tertiary alicyclic amines) is 1. The molecule has 82 valence electrons. The van der Waals surface area contributed by atoms with Crippen molar-refractivity contribution in [3.8, 4) is 0 Å². The van der Waals surface area contributed by atoms with Crippen molar-refractivity contribution in [1.82, 2.24) is 15.2 Å². The number of carbonyl (C=O) groups excluding carboxylic acids is 1. The Balaban J connectivity index is 1.93. The van der Waals surface area contributed by atoms with E-state index in [1.165, 1.54) is 0 Å². The second-order valence-corrected chi connectivity index (χ2v) is 4.60. The van der Waals surface area contributed by atoms with Crippen LogP contribution in [0.4, 0.5) is 0 Å². The summed E-state index contributed by atoms with van der Waals surface area (Å²) in [5, 5.41) is 3.20. The van der Waals surface area contributed by atoms with Gasteiger partial charge in [-0.1, -0.05) is 6.92 Å². The van der Waals surface area contributed by atoms with Crippen LogP contribution in [0.25, 0.3) is 0 Å². The van der Waals surface area contributed by atoms with Crippen LogP contribution in [0.15, 0.2) is 11.7 Å². The number of hydrogen-bond donors (Lipinski definition) is 1. The van der Waals surface area contributed by atoms with Gasteiger partial charge in [-0.05, 0) is 13.0 Å². The highest BCUT2D eigenvalue weighted by Crippen LogP contribution is 2.16. The first-order valence-electron chi connectivity index (χ1n) is 5.20. The summed E-state index contributed by atoms with van der Waals surface area (Å²) in [6.07, 6.45) is 2.75. The van der Waals surface area contributed by atoms with Crippen molar-refractivity contribution in [2.75, 3.05) is 13.1 Å². The van der Waals surface area contributed by atoms with E-state index in [4.69, 9.17) is 0 Å². The summed E-state index contributed by atoms with van der Waals surface area (Å²) in [4.78, 5) is 18.9. The van der Waals surface area contributed by atoms with Crippen LogP contribution in [0.3, 0.4) is 0 Å². The van der Waals surface area contributed by atoms with Crippen molar-refractivity contribution in [1.29, 1.82) is 0 Å². The molecule has 4 nitrogen and oxygen atoms in total. The lowest BCUT2D eigenvalue weighted by atomic mass is 10.2. The fourth-order valence-electron chi connectivity index (χ4n) is 1.84. The molecule has 1 aliphatic heterocycles. The number of hydrogen-bond acceptors (Lipinski definition) is 4. The predicted octanol–water partition coefficient (Wildman–Crippen LogP) is 0.853. The highest BCUT2D eigenvalue weighted by molar-refractivity contribution is 7.09. The normalized spacial score (nSPS) is 21.3. The number of aromatic nitrogens is 1. The zero-order chi connectivity index (χ0) is 10.7. The van der Waals surface area contributed by atoms with Crippen LogP contribution in [0.2, 0.25) is 0 Å². The minimum atomic E-state index is 0.0305. The van der Waals surface area contributed by atoms with Crippen LogP contribution < -0.4 is 5.32 Å². The van der Waals surface area contributed by atoms with Crippen molar-refractivity contribution in [2.24, 2.45) is 0 Å². The molecule has 0 bridgehead atoms.